The summed E-state index contributed by atoms with van der Waals surface area (Å²) in [6.45, 7) is -2.92. The molecule has 0 aromatic rings. The Hall–Kier alpha value is -5.25. The molecule has 0 aliphatic rings. The highest BCUT2D eigenvalue weighted by molar-refractivity contribution is 8.19. The quantitative estimate of drug-likeness (QED) is 0.184. The van der Waals surface area contributed by atoms with E-state index in [-0.39, 0.29) is 6.60 Å². The Morgan fingerprint density at radius 1 is 0.227 bits per heavy atom. The Labute approximate surface area is 275 Å². The summed E-state index contributed by atoms with van der Waals surface area (Å²) < 4.78 is 0. The average Bonchev–Trinajstić information content (AvgIpc) is 3.04. The summed E-state index contributed by atoms with van der Waals surface area (Å²) in [5.74, 6) is 37.2. The zero-order valence-corrected chi connectivity index (χ0v) is 25.2. The molecule has 0 atom stereocenters. The van der Waals surface area contributed by atoms with Crippen molar-refractivity contribution in [2.75, 3.05) is 0 Å². The van der Waals surface area contributed by atoms with E-state index in [1.54, 1.807) is 0 Å². The maximum absolute atomic E-state index is 6.03. The minimum Gasteiger partial charge on any atom is -0.152 e. The van der Waals surface area contributed by atoms with Gasteiger partial charge in [-0.2, -0.15) is 81.5 Å². The lowest BCUT2D eigenvalue weighted by Crippen LogP contribution is -2.86. The minimum absolute atomic E-state index is 0.230. The molecule has 0 spiro atoms. The molecule has 0 bridgehead atoms. The molecule has 0 unspecified atom stereocenters. The smallest absolute Gasteiger partial charge is 0.152 e. The van der Waals surface area contributed by atoms with Crippen LogP contribution in [0.15, 0.2) is 0 Å². The number of hydrogen-bond acceptors (Lipinski definition) is 0. The topological polar surface area (TPSA) is 0 Å². The second kappa shape index (κ2) is 19.8. The lowest BCUT2D eigenvalue weighted by molar-refractivity contribution is 2.09. The first kappa shape index (κ1) is 38.7. The van der Waals surface area contributed by atoms with Crippen molar-refractivity contribution in [3.63, 3.8) is 0 Å². The standard InChI is InChI=1S/C30H20B14/c1-17-32(18-2)39(31(15)16)43(40(33(19-3)20-4)34(21-5)22-6)44(41(35(23-7)24-8)36(25-9)26-10)42(37(27-11)28-12)38(29-13)30-14/h1-14H,15-16H3. The van der Waals surface area contributed by atoms with Gasteiger partial charge < -0.3 is 0 Å². The second-order valence-corrected chi connectivity index (χ2v) is 10.4. The summed E-state index contributed by atoms with van der Waals surface area (Å²) in [5.41, 5.74) is 0. The van der Waals surface area contributed by atoms with Gasteiger partial charge in [-0.25, -0.2) is 0 Å². The third kappa shape index (κ3) is 8.41. The van der Waals surface area contributed by atoms with E-state index in [0.29, 0.717) is 0 Å². The van der Waals surface area contributed by atoms with Crippen LogP contribution in [0.5, 0.6) is 0 Å². The molecule has 182 valence electrons. The van der Waals surface area contributed by atoms with Crippen LogP contribution < -0.4 is 0 Å². The van der Waals surface area contributed by atoms with Gasteiger partial charge in [-0.05, 0) is 0 Å². The van der Waals surface area contributed by atoms with Crippen LogP contribution in [0.4, 0.5) is 0 Å². The van der Waals surface area contributed by atoms with E-state index in [0.717, 1.165) is 0 Å². The highest BCUT2D eigenvalue weighted by Crippen LogP contribution is 2.20. The van der Waals surface area contributed by atoms with Gasteiger partial charge in [0, 0.05) is 12.8 Å². The third-order valence-electron chi connectivity index (χ3n) is 8.20. The van der Waals surface area contributed by atoms with Gasteiger partial charge in [-0.15, -0.1) is 89.9 Å². The first-order chi connectivity index (χ1) is 21.1. The van der Waals surface area contributed by atoms with E-state index >= 15 is 0 Å². The molecule has 44 heavy (non-hydrogen) atoms. The summed E-state index contributed by atoms with van der Waals surface area (Å²) in [6.07, 6.45) is 79.4. The van der Waals surface area contributed by atoms with Crippen molar-refractivity contribution >= 4 is 91.1 Å². The monoisotopic (exact) mass is 534 g/mol. The highest BCUT2D eigenvalue weighted by atomic mass is 13.6. The van der Waals surface area contributed by atoms with Gasteiger partial charge in [-0.1, -0.05) is 13.6 Å². The highest BCUT2D eigenvalue weighted by Gasteiger charge is 2.62. The largest absolute Gasteiger partial charge is 0.266 e. The normalized spacial score (nSPS) is 7.45. The molecule has 0 saturated heterocycles. The van der Waals surface area contributed by atoms with E-state index in [1.165, 1.54) is 0 Å². The number of rotatable bonds is 13. The fraction of sp³-hybridized carbons (Fsp3) is 0.0667. The SMILES string of the molecule is C#CB(C#C)B(B(C)C)B(B(B(C#C)C#C)B(C#C)C#C)B(B(B(C#C)C#C)B(C#C)C#C)B(B(C#C)C#C)B(C#C)C#C. The molecule has 0 heterocycles. The molecule has 0 aromatic carbocycles. The molecule has 0 aliphatic carbocycles. The van der Waals surface area contributed by atoms with Gasteiger partial charge in [0.15, 0.2) is 0 Å². The van der Waals surface area contributed by atoms with Crippen molar-refractivity contribution in [1.29, 1.82) is 0 Å². The second-order valence-electron chi connectivity index (χ2n) is 10.4. The van der Waals surface area contributed by atoms with Crippen molar-refractivity contribution in [2.24, 2.45) is 0 Å². The van der Waals surface area contributed by atoms with Crippen LogP contribution in [-0.4, -0.2) is 91.1 Å². The van der Waals surface area contributed by atoms with Crippen molar-refractivity contribution in [3.8, 4) is 171 Å². The number of hydrogen-bond donors (Lipinski definition) is 0. The van der Waals surface area contributed by atoms with Gasteiger partial charge in [0.05, 0.1) is 13.0 Å². The molecule has 0 fully saturated rings. The first-order valence-corrected chi connectivity index (χ1v) is 13.6. The van der Waals surface area contributed by atoms with Gasteiger partial charge >= 0.3 is 0 Å². The molecule has 14 heteroatoms. The Balaban J connectivity index is 9.17. The van der Waals surface area contributed by atoms with Gasteiger partial charge in [0.25, 0.3) is 46.2 Å². The Morgan fingerprint density at radius 2 is 0.364 bits per heavy atom. The van der Waals surface area contributed by atoms with Gasteiger partial charge in [-0.3, -0.25) is 0 Å². The summed E-state index contributed by atoms with van der Waals surface area (Å²) >= 11 is 0. The average molecular weight is 532 g/mol. The predicted molar refractivity (Wildman–Crippen MR) is 216 cm³/mol. The molecular formula is C30H20B14. The van der Waals surface area contributed by atoms with E-state index in [1.807, 2.05) is 13.6 Å². The van der Waals surface area contributed by atoms with Gasteiger partial charge in [0.1, 0.15) is 19.2 Å². The molecule has 0 saturated carbocycles. The molecule has 0 N–H and O–H groups in total. The van der Waals surface area contributed by atoms with Crippen molar-refractivity contribution in [2.45, 2.75) is 13.6 Å². The minimum atomic E-state index is -0.969. The van der Waals surface area contributed by atoms with Crippen LogP contribution in [0, 0.1) is 171 Å². The fourth-order valence-corrected chi connectivity index (χ4v) is 6.39. The Kier molecular flexibility index (Phi) is 17.4. The number of terminal acetylenes is 14. The van der Waals surface area contributed by atoms with Crippen molar-refractivity contribution in [3.05, 3.63) is 0 Å². The van der Waals surface area contributed by atoms with Crippen LogP contribution in [-0.2, 0) is 0 Å². The maximum atomic E-state index is 6.03. The zero-order valence-electron chi connectivity index (χ0n) is 25.2. The van der Waals surface area contributed by atoms with Crippen LogP contribution in [0.2, 0.25) is 13.6 Å². The summed E-state index contributed by atoms with van der Waals surface area (Å²) in [5, 5.41) is 0. The lowest BCUT2D eigenvalue weighted by atomic mass is 8.37. The molecule has 0 nitrogen and oxygen atoms in total. The molecule has 0 aliphatic heterocycles. The summed E-state index contributed by atoms with van der Waals surface area (Å²) in [7, 11) is 0. The molecule has 0 rings (SSSR count). The van der Waals surface area contributed by atoms with Crippen LogP contribution in [0.25, 0.3) is 0 Å². The molecule has 0 amide bonds. The van der Waals surface area contributed by atoms with Crippen molar-refractivity contribution < 1.29 is 0 Å². The van der Waals surface area contributed by atoms with E-state index < -0.39 is 84.5 Å². The maximum Gasteiger partial charge on any atom is 0.266 e. The van der Waals surface area contributed by atoms with E-state index in [2.05, 4.69) is 81.5 Å². The Bertz CT molecular complexity index is 1400. The molecule has 0 radical (unpaired) electrons. The third-order valence-corrected chi connectivity index (χ3v) is 8.20. The fourth-order valence-electron chi connectivity index (χ4n) is 6.39. The van der Waals surface area contributed by atoms with Crippen LogP contribution in [0.1, 0.15) is 0 Å². The summed E-state index contributed by atoms with van der Waals surface area (Å²) in [4.78, 5) is 0. The van der Waals surface area contributed by atoms with Crippen LogP contribution >= 0.6 is 0 Å². The zero-order chi connectivity index (χ0) is 34.0. The first-order valence-electron chi connectivity index (χ1n) is 13.6. The van der Waals surface area contributed by atoms with E-state index in [4.69, 9.17) is 89.9 Å². The Morgan fingerprint density at radius 3 is 0.500 bits per heavy atom. The van der Waals surface area contributed by atoms with Gasteiger partial charge in [0.2, 0.25) is 0 Å². The molecule has 0 aromatic heterocycles. The van der Waals surface area contributed by atoms with E-state index in [9.17, 15) is 0 Å². The summed E-state index contributed by atoms with van der Waals surface area (Å²) in [6, 6.07) is 0. The molecular weight excluding hydrogens is 512 g/mol. The van der Waals surface area contributed by atoms with Crippen LogP contribution in [0.3, 0.4) is 0 Å². The lowest BCUT2D eigenvalue weighted by Gasteiger charge is -2.43. The predicted octanol–water partition coefficient (Wildman–Crippen LogP) is -2.39. The van der Waals surface area contributed by atoms with Crippen molar-refractivity contribution in [1.82, 2.24) is 0 Å².